The molecule has 236 valence electrons. The number of ether oxygens (including phenoxy) is 3. The van der Waals surface area contributed by atoms with Crippen LogP contribution in [0.15, 0.2) is 121 Å². The molecule has 1 fully saturated rings. The van der Waals surface area contributed by atoms with E-state index < -0.39 is 6.29 Å². The summed E-state index contributed by atoms with van der Waals surface area (Å²) < 4.78 is 21.0. The number of amides is 2. The lowest BCUT2D eigenvalue weighted by Gasteiger charge is -2.41. The number of benzene rings is 4. The van der Waals surface area contributed by atoms with Gasteiger partial charge in [-0.05, 0) is 59.7 Å². The van der Waals surface area contributed by atoms with Gasteiger partial charge >= 0.3 is 6.03 Å². The first-order valence-corrected chi connectivity index (χ1v) is 16.1. The molecule has 0 unspecified atom stereocenters. The van der Waals surface area contributed by atoms with Gasteiger partial charge in [-0.2, -0.15) is 0 Å². The van der Waals surface area contributed by atoms with Gasteiger partial charge in [-0.15, -0.1) is 0 Å². The molecule has 9 nitrogen and oxygen atoms in total. The molecule has 1 aliphatic heterocycles. The summed E-state index contributed by atoms with van der Waals surface area (Å²) in [4.78, 5) is 17.4. The van der Waals surface area contributed by atoms with Crippen molar-refractivity contribution in [2.45, 2.75) is 37.2 Å². The Labute approximate surface area is 272 Å². The Bertz CT molecular complexity index is 1730. The Balaban J connectivity index is 1.14. The number of nitrogens with one attached hydrogen (secondary N) is 2. The first-order chi connectivity index (χ1) is 22.4. The fourth-order valence-corrected chi connectivity index (χ4v) is 6.34. The molecule has 0 spiro atoms. The zero-order valence-electron chi connectivity index (χ0n) is 25.6. The second-order valence-electron chi connectivity index (χ2n) is 11.1. The number of hydrogen-bond acceptors (Lipinski definition) is 7. The van der Waals surface area contributed by atoms with E-state index >= 15 is 0 Å². The maximum atomic E-state index is 12.9. The Morgan fingerprint density at radius 3 is 2.35 bits per heavy atom. The molecule has 0 aliphatic carbocycles. The van der Waals surface area contributed by atoms with Crippen LogP contribution < -0.4 is 15.4 Å². The van der Waals surface area contributed by atoms with Gasteiger partial charge in [0.15, 0.2) is 11.4 Å². The molecule has 4 aromatic carbocycles. The van der Waals surface area contributed by atoms with Gasteiger partial charge in [-0.1, -0.05) is 73.3 Å². The lowest BCUT2D eigenvalue weighted by molar-refractivity contribution is -0.268. The smallest absolute Gasteiger partial charge is 0.323 e. The number of carbonyl (C=O) groups excluding carboxylic acids is 1. The van der Waals surface area contributed by atoms with Crippen LogP contribution in [0, 0.1) is 5.92 Å². The highest BCUT2D eigenvalue weighted by Crippen LogP contribution is 2.43. The third kappa shape index (κ3) is 7.78. The number of para-hydroxylation sites is 1. The number of anilines is 2. The van der Waals surface area contributed by atoms with Gasteiger partial charge in [-0.25, -0.2) is 9.78 Å². The van der Waals surface area contributed by atoms with E-state index in [1.54, 1.807) is 42.2 Å². The number of carbonyl (C=O) groups is 1. The van der Waals surface area contributed by atoms with Crippen molar-refractivity contribution in [3.05, 3.63) is 132 Å². The van der Waals surface area contributed by atoms with Crippen LogP contribution in [-0.4, -0.2) is 32.5 Å². The molecule has 2 amide bonds. The Kier molecular flexibility index (Phi) is 10.00. The number of aryl methyl sites for hydroxylation is 1. The summed E-state index contributed by atoms with van der Waals surface area (Å²) in [6.45, 7) is 2.12. The number of urea groups is 1. The lowest BCUT2D eigenvalue weighted by Crippen LogP contribution is -2.38. The maximum Gasteiger partial charge on any atom is 0.323 e. The molecule has 1 aliphatic rings. The van der Waals surface area contributed by atoms with Crippen molar-refractivity contribution in [2.75, 3.05) is 16.4 Å². The van der Waals surface area contributed by atoms with Crippen molar-refractivity contribution < 1.29 is 24.1 Å². The maximum absolute atomic E-state index is 12.9. The highest BCUT2D eigenvalue weighted by Gasteiger charge is 2.38. The third-order valence-corrected chi connectivity index (χ3v) is 8.93. The van der Waals surface area contributed by atoms with E-state index in [9.17, 15) is 9.90 Å². The number of hydrogen-bond donors (Lipinski definition) is 3. The van der Waals surface area contributed by atoms with E-state index in [1.807, 2.05) is 96.7 Å². The molecule has 10 heteroatoms. The molecule has 4 atom stereocenters. The second-order valence-corrected chi connectivity index (χ2v) is 12.1. The monoisotopic (exact) mass is 636 g/mol. The van der Waals surface area contributed by atoms with Crippen molar-refractivity contribution in [1.29, 1.82) is 0 Å². The van der Waals surface area contributed by atoms with Crippen molar-refractivity contribution in [1.82, 2.24) is 9.55 Å². The summed E-state index contributed by atoms with van der Waals surface area (Å²) in [6.07, 6.45) is 2.67. The summed E-state index contributed by atoms with van der Waals surface area (Å²) >= 11 is 1.64. The van der Waals surface area contributed by atoms with E-state index in [1.165, 1.54) is 0 Å². The number of imidazole rings is 1. The van der Waals surface area contributed by atoms with Crippen molar-refractivity contribution in [2.24, 2.45) is 13.0 Å². The van der Waals surface area contributed by atoms with Gasteiger partial charge in [-0.3, -0.25) is 0 Å². The number of thioether (sulfide) groups is 1. The molecule has 1 saturated heterocycles. The van der Waals surface area contributed by atoms with E-state index in [2.05, 4.69) is 22.5 Å². The summed E-state index contributed by atoms with van der Waals surface area (Å²) in [5.41, 5.74) is 3.88. The predicted molar refractivity (Wildman–Crippen MR) is 179 cm³/mol. The van der Waals surface area contributed by atoms with E-state index in [-0.39, 0.29) is 30.8 Å². The quantitative estimate of drug-likeness (QED) is 0.134. The SMILES string of the molecule is C[C@H]1[C@@H](CSc2nccn2C)O[C@@H](c2cccc(NC(=O)Nc3ccc(Oc4ccccc4)cc3)c2)O[C@H]1c1ccc(CO)cc1. The Morgan fingerprint density at radius 1 is 0.891 bits per heavy atom. The van der Waals surface area contributed by atoms with E-state index in [0.29, 0.717) is 22.9 Å². The zero-order valence-corrected chi connectivity index (χ0v) is 26.4. The van der Waals surface area contributed by atoms with Crippen molar-refractivity contribution in [3.63, 3.8) is 0 Å². The van der Waals surface area contributed by atoms with Crippen molar-refractivity contribution >= 4 is 29.2 Å². The minimum absolute atomic E-state index is 0.0165. The fourth-order valence-electron chi connectivity index (χ4n) is 5.24. The molecule has 46 heavy (non-hydrogen) atoms. The Morgan fingerprint density at radius 2 is 1.63 bits per heavy atom. The van der Waals surface area contributed by atoms with Gasteiger partial charge in [0.05, 0.1) is 18.8 Å². The number of aliphatic hydroxyl groups is 1. The van der Waals surface area contributed by atoms with Gasteiger partial charge in [0.25, 0.3) is 0 Å². The molecular weight excluding hydrogens is 600 g/mol. The average molecular weight is 637 g/mol. The minimum Gasteiger partial charge on any atom is -0.457 e. The van der Waals surface area contributed by atoms with E-state index in [4.69, 9.17) is 14.2 Å². The van der Waals surface area contributed by atoms with Gasteiger partial charge in [0, 0.05) is 48.1 Å². The second kappa shape index (κ2) is 14.7. The molecule has 2 heterocycles. The van der Waals surface area contributed by atoms with Crippen LogP contribution in [0.4, 0.5) is 16.2 Å². The van der Waals surface area contributed by atoms with Crippen LogP contribution in [-0.2, 0) is 23.1 Å². The average Bonchev–Trinajstić information content (AvgIpc) is 3.50. The van der Waals surface area contributed by atoms with Gasteiger partial charge < -0.3 is 34.5 Å². The Hall–Kier alpha value is -4.61. The first kappa shape index (κ1) is 31.4. The van der Waals surface area contributed by atoms with Crippen LogP contribution in [0.5, 0.6) is 11.5 Å². The highest BCUT2D eigenvalue weighted by atomic mass is 32.2. The fraction of sp³-hybridized carbons (Fsp3) is 0.222. The molecule has 0 bridgehead atoms. The largest absolute Gasteiger partial charge is 0.457 e. The molecule has 0 radical (unpaired) electrons. The van der Waals surface area contributed by atoms with Crippen LogP contribution in [0.2, 0.25) is 0 Å². The summed E-state index contributed by atoms with van der Waals surface area (Å²) in [6, 6.07) is 31.7. The first-order valence-electron chi connectivity index (χ1n) is 15.1. The predicted octanol–water partition coefficient (Wildman–Crippen LogP) is 7.93. The van der Waals surface area contributed by atoms with Crippen molar-refractivity contribution in [3.8, 4) is 11.5 Å². The summed E-state index contributed by atoms with van der Waals surface area (Å²) in [7, 11) is 1.97. The number of rotatable bonds is 10. The van der Waals surface area contributed by atoms with Crippen LogP contribution in [0.3, 0.4) is 0 Å². The third-order valence-electron chi connectivity index (χ3n) is 7.78. The van der Waals surface area contributed by atoms with Crippen LogP contribution in [0.1, 0.15) is 36.0 Å². The van der Waals surface area contributed by atoms with Crippen LogP contribution >= 0.6 is 11.8 Å². The summed E-state index contributed by atoms with van der Waals surface area (Å²) in [5.74, 6) is 2.14. The molecule has 3 N–H and O–H groups in total. The summed E-state index contributed by atoms with van der Waals surface area (Å²) in [5, 5.41) is 16.2. The lowest BCUT2D eigenvalue weighted by atomic mass is 9.91. The van der Waals surface area contributed by atoms with Crippen LogP contribution in [0.25, 0.3) is 0 Å². The zero-order chi connectivity index (χ0) is 31.9. The topological polar surface area (TPSA) is 107 Å². The molecule has 1 aromatic heterocycles. The molecular formula is C36H36N4O5S. The number of aliphatic hydroxyl groups excluding tert-OH is 1. The van der Waals surface area contributed by atoms with E-state index in [0.717, 1.165) is 27.6 Å². The minimum atomic E-state index is -0.660. The highest BCUT2D eigenvalue weighted by molar-refractivity contribution is 7.99. The molecule has 5 aromatic rings. The standard InChI is InChI=1S/C36H36N4O5S/c1-24-32(23-46-36-37-19-20-40(36)2)44-34(45-33(24)26-13-11-25(22-41)12-14-26)27-7-6-8-29(21-27)39-35(42)38-28-15-17-31(18-16-28)43-30-9-4-3-5-10-30/h3-21,24,32-34,41H,22-23H2,1-2H3,(H2,38,39,42)/t24-,32+,33+,34+/m0/s1. The number of nitrogens with zero attached hydrogens (tertiary/aromatic N) is 2. The normalized spacial score (nSPS) is 19.4. The number of aromatic nitrogens is 2. The van der Waals surface area contributed by atoms with Gasteiger partial charge in [0.2, 0.25) is 0 Å². The molecule has 6 rings (SSSR count). The molecule has 0 saturated carbocycles. The van der Waals surface area contributed by atoms with Gasteiger partial charge in [0.1, 0.15) is 11.5 Å².